The fourth-order valence-corrected chi connectivity index (χ4v) is 8.04. The molecule has 5 heteroatoms. The lowest BCUT2D eigenvalue weighted by molar-refractivity contribution is 1.18. The summed E-state index contributed by atoms with van der Waals surface area (Å²) in [4.78, 5) is 10.4. The monoisotopic (exact) mass is 599 g/mol. The Hall–Kier alpha value is -6.46. The minimum atomic E-state index is 0.904. The van der Waals surface area contributed by atoms with Gasteiger partial charge < -0.3 is 9.13 Å². The standard InChI is InChI=1S/C42H25N5/c1-3-14-26(15-4-1)45-32-22-10-7-18-28(32)35-38-36(30-20-13-25-43-41(30)47-34-24-12-9-21-31(34)44-42(38)47)40-37(39(35)45)29-19-8-11-23-33(29)46(40)27-16-5-2-6-17-27/h1-25H. The number of pyridine rings is 2. The lowest BCUT2D eigenvalue weighted by Crippen LogP contribution is -1.99. The molecule has 0 saturated heterocycles. The molecule has 0 aliphatic heterocycles. The topological polar surface area (TPSA) is 40.1 Å². The van der Waals surface area contributed by atoms with E-state index in [4.69, 9.17) is 9.97 Å². The maximum atomic E-state index is 5.40. The third-order valence-electron chi connectivity index (χ3n) is 9.80. The Morgan fingerprint density at radius 1 is 0.383 bits per heavy atom. The van der Waals surface area contributed by atoms with E-state index in [1.807, 2.05) is 6.20 Å². The van der Waals surface area contributed by atoms with Crippen LogP contribution in [0.25, 0.3) is 93.5 Å². The van der Waals surface area contributed by atoms with Crippen LogP contribution in [-0.4, -0.2) is 23.5 Å². The van der Waals surface area contributed by atoms with Gasteiger partial charge in [0.05, 0.1) is 33.1 Å². The van der Waals surface area contributed by atoms with Gasteiger partial charge in [-0.1, -0.05) is 84.9 Å². The summed E-state index contributed by atoms with van der Waals surface area (Å²) in [6, 6.07) is 51.8. The van der Waals surface area contributed by atoms with Gasteiger partial charge in [0.1, 0.15) is 11.3 Å². The van der Waals surface area contributed by atoms with Gasteiger partial charge in [-0.2, -0.15) is 0 Å². The fourth-order valence-electron chi connectivity index (χ4n) is 8.04. The number of hydrogen-bond donors (Lipinski definition) is 0. The molecule has 0 amide bonds. The number of fused-ring (bicyclic) bond motifs is 17. The molecule has 0 saturated carbocycles. The van der Waals surface area contributed by atoms with Crippen LogP contribution >= 0.6 is 0 Å². The van der Waals surface area contributed by atoms with Gasteiger partial charge >= 0.3 is 0 Å². The minimum absolute atomic E-state index is 0.904. The molecule has 47 heavy (non-hydrogen) atoms. The summed E-state index contributed by atoms with van der Waals surface area (Å²) in [7, 11) is 0. The van der Waals surface area contributed by atoms with Crippen LogP contribution in [0.5, 0.6) is 0 Å². The van der Waals surface area contributed by atoms with Crippen molar-refractivity contribution in [3.63, 3.8) is 0 Å². The van der Waals surface area contributed by atoms with E-state index in [0.717, 1.165) is 60.9 Å². The van der Waals surface area contributed by atoms with E-state index in [1.54, 1.807) is 0 Å². The quantitative estimate of drug-likeness (QED) is 0.186. The Kier molecular flexibility index (Phi) is 4.78. The molecule has 0 atom stereocenters. The molecular weight excluding hydrogens is 574 g/mol. The molecule has 0 bridgehead atoms. The van der Waals surface area contributed by atoms with Gasteiger partial charge in [0, 0.05) is 55.3 Å². The summed E-state index contributed by atoms with van der Waals surface area (Å²) in [6.07, 6.45) is 1.89. The van der Waals surface area contributed by atoms with Crippen LogP contribution in [0.15, 0.2) is 152 Å². The third-order valence-corrected chi connectivity index (χ3v) is 9.80. The second-order valence-electron chi connectivity index (χ2n) is 12.2. The molecule has 218 valence electrons. The van der Waals surface area contributed by atoms with E-state index in [2.05, 4.69) is 159 Å². The summed E-state index contributed by atoms with van der Waals surface area (Å²) in [5, 5.41) is 8.23. The molecule has 11 aromatic rings. The zero-order valence-corrected chi connectivity index (χ0v) is 25.2. The smallest absolute Gasteiger partial charge is 0.148 e. The average molecular weight is 600 g/mol. The van der Waals surface area contributed by atoms with Crippen LogP contribution in [0.1, 0.15) is 0 Å². The molecule has 11 rings (SSSR count). The van der Waals surface area contributed by atoms with E-state index < -0.39 is 0 Å². The van der Waals surface area contributed by atoms with Gasteiger partial charge in [-0.25, -0.2) is 9.97 Å². The van der Waals surface area contributed by atoms with E-state index >= 15 is 0 Å². The van der Waals surface area contributed by atoms with Crippen molar-refractivity contribution >= 4 is 82.1 Å². The summed E-state index contributed by atoms with van der Waals surface area (Å²) >= 11 is 0. The lowest BCUT2D eigenvalue weighted by atomic mass is 9.97. The zero-order chi connectivity index (χ0) is 30.6. The third kappa shape index (κ3) is 3.12. The van der Waals surface area contributed by atoms with Crippen LogP contribution in [0.3, 0.4) is 0 Å². The van der Waals surface area contributed by atoms with Gasteiger partial charge in [0.2, 0.25) is 0 Å². The molecular formula is C42H25N5. The van der Waals surface area contributed by atoms with E-state index in [-0.39, 0.29) is 0 Å². The average Bonchev–Trinajstić information content (AvgIpc) is 3.80. The number of benzene rings is 6. The second-order valence-corrected chi connectivity index (χ2v) is 12.2. The molecule has 6 aromatic carbocycles. The Labute approximate surface area is 268 Å². The predicted octanol–water partition coefficient (Wildman–Crippen LogP) is 10.4. The fraction of sp³-hybridized carbons (Fsp3) is 0. The van der Waals surface area contributed by atoms with Crippen LogP contribution in [-0.2, 0) is 0 Å². The second kappa shape index (κ2) is 9.05. The molecule has 0 fully saturated rings. The number of imidazole rings is 1. The van der Waals surface area contributed by atoms with Gasteiger partial charge in [-0.15, -0.1) is 0 Å². The number of rotatable bonds is 2. The summed E-state index contributed by atoms with van der Waals surface area (Å²) in [6.45, 7) is 0. The van der Waals surface area contributed by atoms with Crippen molar-refractivity contribution in [3.8, 4) is 11.4 Å². The summed E-state index contributed by atoms with van der Waals surface area (Å²) in [5.41, 5.74) is 10.7. The molecule has 0 radical (unpaired) electrons. The van der Waals surface area contributed by atoms with Crippen molar-refractivity contribution in [2.45, 2.75) is 0 Å². The van der Waals surface area contributed by atoms with Crippen molar-refractivity contribution in [1.29, 1.82) is 0 Å². The SMILES string of the molecule is c1ccc(-n2c3ccccc3c3c4c(c5cccnc5n5c6ccccc6nc45)c4c(c5ccccc5n4-c4ccccc4)c32)cc1. The van der Waals surface area contributed by atoms with Crippen LogP contribution < -0.4 is 0 Å². The minimum Gasteiger partial charge on any atom is -0.309 e. The van der Waals surface area contributed by atoms with Crippen LogP contribution in [0, 0.1) is 0 Å². The Balaban J connectivity index is 1.59. The van der Waals surface area contributed by atoms with Gasteiger partial charge in [-0.3, -0.25) is 4.40 Å². The molecule has 0 unspecified atom stereocenters. The molecule has 0 N–H and O–H groups in total. The highest BCUT2D eigenvalue weighted by molar-refractivity contribution is 6.42. The van der Waals surface area contributed by atoms with Crippen LogP contribution in [0.4, 0.5) is 0 Å². The maximum absolute atomic E-state index is 5.40. The highest BCUT2D eigenvalue weighted by Crippen LogP contribution is 2.49. The Bertz CT molecular complexity index is 3060. The first-order valence-corrected chi connectivity index (χ1v) is 16.0. The normalized spacial score (nSPS) is 12.3. The number of hydrogen-bond acceptors (Lipinski definition) is 2. The maximum Gasteiger partial charge on any atom is 0.148 e. The van der Waals surface area contributed by atoms with Crippen LogP contribution in [0.2, 0.25) is 0 Å². The Morgan fingerprint density at radius 2 is 0.894 bits per heavy atom. The van der Waals surface area contributed by atoms with Crippen molar-refractivity contribution < 1.29 is 0 Å². The molecule has 0 spiro atoms. The molecule has 0 aliphatic rings. The summed E-state index contributed by atoms with van der Waals surface area (Å²) in [5.74, 6) is 0. The number of para-hydroxylation sites is 6. The van der Waals surface area contributed by atoms with E-state index in [9.17, 15) is 0 Å². The predicted molar refractivity (Wildman–Crippen MR) is 194 cm³/mol. The Morgan fingerprint density at radius 3 is 1.55 bits per heavy atom. The van der Waals surface area contributed by atoms with Crippen molar-refractivity contribution in [1.82, 2.24) is 23.5 Å². The lowest BCUT2D eigenvalue weighted by Gasteiger charge is -2.15. The number of aromatic nitrogens is 5. The summed E-state index contributed by atoms with van der Waals surface area (Å²) < 4.78 is 7.17. The zero-order valence-electron chi connectivity index (χ0n) is 25.2. The number of nitrogens with zero attached hydrogens (tertiary/aromatic N) is 5. The van der Waals surface area contributed by atoms with Gasteiger partial charge in [0.25, 0.3) is 0 Å². The van der Waals surface area contributed by atoms with E-state index in [1.165, 1.54) is 32.6 Å². The molecule has 5 aromatic heterocycles. The largest absolute Gasteiger partial charge is 0.309 e. The highest BCUT2D eigenvalue weighted by atomic mass is 15.1. The highest BCUT2D eigenvalue weighted by Gasteiger charge is 2.28. The first-order valence-electron chi connectivity index (χ1n) is 16.0. The molecule has 5 nitrogen and oxygen atoms in total. The molecule has 5 heterocycles. The first-order chi connectivity index (χ1) is 23.4. The van der Waals surface area contributed by atoms with Crippen molar-refractivity contribution in [2.75, 3.05) is 0 Å². The molecule has 0 aliphatic carbocycles. The first kappa shape index (κ1) is 24.8. The van der Waals surface area contributed by atoms with Crippen molar-refractivity contribution in [3.05, 3.63) is 152 Å². The van der Waals surface area contributed by atoms with Gasteiger partial charge in [-0.05, 0) is 60.7 Å². The van der Waals surface area contributed by atoms with E-state index in [0.29, 0.717) is 0 Å². The van der Waals surface area contributed by atoms with Gasteiger partial charge in [0.15, 0.2) is 0 Å². The van der Waals surface area contributed by atoms with Crippen molar-refractivity contribution in [2.24, 2.45) is 0 Å².